The van der Waals surface area contributed by atoms with Crippen molar-refractivity contribution in [2.24, 2.45) is 5.92 Å². The average molecular weight is 221 g/mol. The van der Waals surface area contributed by atoms with Gasteiger partial charge in [0.15, 0.2) is 11.6 Å². The maximum atomic E-state index is 9.69. The third-order valence-corrected chi connectivity index (χ3v) is 3.12. The van der Waals surface area contributed by atoms with Gasteiger partial charge in [0.25, 0.3) is 0 Å². The number of hydrogen-bond acceptors (Lipinski definition) is 4. The van der Waals surface area contributed by atoms with Crippen molar-refractivity contribution >= 4 is 5.82 Å². The molecule has 2 N–H and O–H groups in total. The summed E-state index contributed by atoms with van der Waals surface area (Å²) in [6.45, 7) is 3.17. The summed E-state index contributed by atoms with van der Waals surface area (Å²) in [4.78, 5) is 6.25. The molecule has 1 aliphatic heterocycles. The number of nitrogens with zero attached hydrogens (tertiary/aromatic N) is 2. The average Bonchev–Trinajstić information content (AvgIpc) is 2.31. The van der Waals surface area contributed by atoms with Crippen molar-refractivity contribution in [1.29, 1.82) is 0 Å². The van der Waals surface area contributed by atoms with Crippen molar-refractivity contribution in [2.75, 3.05) is 31.6 Å². The summed E-state index contributed by atoms with van der Waals surface area (Å²) >= 11 is 0. The molecule has 0 atom stereocenters. The van der Waals surface area contributed by atoms with Crippen molar-refractivity contribution in [2.45, 2.75) is 12.8 Å². The molecule has 1 aromatic rings. The van der Waals surface area contributed by atoms with Crippen LogP contribution in [0.25, 0.3) is 0 Å². The SMILES string of the molecule is CN(CC1CCNCC1)c1ncccc1O. The highest BCUT2D eigenvalue weighted by molar-refractivity contribution is 5.50. The lowest BCUT2D eigenvalue weighted by atomic mass is 9.98. The molecule has 1 fully saturated rings. The first-order valence-corrected chi connectivity index (χ1v) is 5.83. The largest absolute Gasteiger partial charge is 0.504 e. The summed E-state index contributed by atoms with van der Waals surface area (Å²) in [7, 11) is 1.99. The molecule has 2 rings (SSSR count). The second-order valence-electron chi connectivity index (χ2n) is 4.42. The van der Waals surface area contributed by atoms with E-state index in [-0.39, 0.29) is 5.75 Å². The van der Waals surface area contributed by atoms with Crippen LogP contribution in [0.2, 0.25) is 0 Å². The van der Waals surface area contributed by atoms with E-state index < -0.39 is 0 Å². The number of piperidine rings is 1. The van der Waals surface area contributed by atoms with Crippen LogP contribution in [0.3, 0.4) is 0 Å². The molecule has 0 radical (unpaired) electrons. The second-order valence-corrected chi connectivity index (χ2v) is 4.42. The first kappa shape index (κ1) is 11.2. The summed E-state index contributed by atoms with van der Waals surface area (Å²) < 4.78 is 0. The number of aromatic nitrogens is 1. The fourth-order valence-electron chi connectivity index (χ4n) is 2.22. The summed E-state index contributed by atoms with van der Waals surface area (Å²) in [5.74, 6) is 1.65. The first-order chi connectivity index (χ1) is 7.77. The van der Waals surface area contributed by atoms with Gasteiger partial charge < -0.3 is 15.3 Å². The van der Waals surface area contributed by atoms with Gasteiger partial charge in [0.05, 0.1) is 0 Å². The Balaban J connectivity index is 1.96. The molecule has 4 heteroatoms. The van der Waals surface area contributed by atoms with Crippen LogP contribution in [-0.4, -0.2) is 36.8 Å². The van der Waals surface area contributed by atoms with Gasteiger partial charge in [0, 0.05) is 19.8 Å². The molecule has 0 saturated carbocycles. The molecule has 4 nitrogen and oxygen atoms in total. The number of nitrogens with one attached hydrogen (secondary N) is 1. The van der Waals surface area contributed by atoms with Gasteiger partial charge in [-0.05, 0) is 44.0 Å². The maximum Gasteiger partial charge on any atom is 0.170 e. The second kappa shape index (κ2) is 5.16. The zero-order chi connectivity index (χ0) is 11.4. The Morgan fingerprint density at radius 2 is 2.25 bits per heavy atom. The molecule has 1 aromatic heterocycles. The monoisotopic (exact) mass is 221 g/mol. The van der Waals surface area contributed by atoms with Crippen molar-refractivity contribution in [3.63, 3.8) is 0 Å². The number of pyridine rings is 1. The van der Waals surface area contributed by atoms with E-state index in [2.05, 4.69) is 10.3 Å². The van der Waals surface area contributed by atoms with Crippen LogP contribution in [0.5, 0.6) is 5.75 Å². The Bertz CT molecular complexity index is 337. The van der Waals surface area contributed by atoms with E-state index in [1.54, 1.807) is 18.3 Å². The maximum absolute atomic E-state index is 9.69. The normalized spacial score (nSPS) is 17.3. The van der Waals surface area contributed by atoms with Crippen LogP contribution in [0, 0.1) is 5.92 Å². The Hall–Kier alpha value is -1.29. The molecular weight excluding hydrogens is 202 g/mol. The molecule has 0 spiro atoms. The minimum absolute atomic E-state index is 0.263. The highest BCUT2D eigenvalue weighted by atomic mass is 16.3. The number of aromatic hydroxyl groups is 1. The third kappa shape index (κ3) is 2.64. The lowest BCUT2D eigenvalue weighted by Crippen LogP contribution is -2.34. The fourth-order valence-corrected chi connectivity index (χ4v) is 2.22. The van der Waals surface area contributed by atoms with E-state index in [9.17, 15) is 5.11 Å². The van der Waals surface area contributed by atoms with Crippen LogP contribution in [0.1, 0.15) is 12.8 Å². The van der Waals surface area contributed by atoms with E-state index >= 15 is 0 Å². The van der Waals surface area contributed by atoms with Gasteiger partial charge in [-0.1, -0.05) is 0 Å². The number of hydrogen-bond donors (Lipinski definition) is 2. The lowest BCUT2D eigenvalue weighted by molar-refractivity contribution is 0.376. The minimum atomic E-state index is 0.263. The Morgan fingerprint density at radius 3 is 2.94 bits per heavy atom. The molecule has 0 amide bonds. The summed E-state index contributed by atoms with van der Waals surface area (Å²) in [6.07, 6.45) is 4.13. The summed E-state index contributed by atoms with van der Waals surface area (Å²) in [6, 6.07) is 3.43. The predicted molar refractivity (Wildman–Crippen MR) is 64.8 cm³/mol. The lowest BCUT2D eigenvalue weighted by Gasteiger charge is -2.28. The standard InChI is InChI=1S/C12H19N3O/c1-15(9-10-4-7-13-8-5-10)12-11(16)3-2-6-14-12/h2-3,6,10,13,16H,4-5,7-9H2,1H3. The molecule has 16 heavy (non-hydrogen) atoms. The van der Waals surface area contributed by atoms with Crippen LogP contribution < -0.4 is 10.2 Å². The van der Waals surface area contributed by atoms with Gasteiger partial charge in [-0.3, -0.25) is 0 Å². The predicted octanol–water partition coefficient (Wildman–Crippen LogP) is 1.22. The quantitative estimate of drug-likeness (QED) is 0.806. The fraction of sp³-hybridized carbons (Fsp3) is 0.583. The molecule has 1 saturated heterocycles. The van der Waals surface area contributed by atoms with E-state index in [0.717, 1.165) is 19.6 Å². The topological polar surface area (TPSA) is 48.4 Å². The van der Waals surface area contributed by atoms with Crippen LogP contribution in [0.15, 0.2) is 18.3 Å². The van der Waals surface area contributed by atoms with E-state index in [4.69, 9.17) is 0 Å². The van der Waals surface area contributed by atoms with Gasteiger partial charge in [-0.15, -0.1) is 0 Å². The van der Waals surface area contributed by atoms with E-state index in [0.29, 0.717) is 11.7 Å². The Morgan fingerprint density at radius 1 is 1.50 bits per heavy atom. The first-order valence-electron chi connectivity index (χ1n) is 5.83. The van der Waals surface area contributed by atoms with Crippen molar-refractivity contribution in [3.8, 4) is 5.75 Å². The number of rotatable bonds is 3. The Kier molecular flexibility index (Phi) is 3.62. The van der Waals surface area contributed by atoms with Crippen molar-refractivity contribution < 1.29 is 5.11 Å². The van der Waals surface area contributed by atoms with Gasteiger partial charge in [-0.25, -0.2) is 4.98 Å². The molecule has 0 bridgehead atoms. The van der Waals surface area contributed by atoms with Gasteiger partial charge >= 0.3 is 0 Å². The van der Waals surface area contributed by atoms with Crippen LogP contribution in [-0.2, 0) is 0 Å². The highest BCUT2D eigenvalue weighted by Gasteiger charge is 2.17. The molecule has 0 unspecified atom stereocenters. The molecule has 0 aromatic carbocycles. The molecular formula is C12H19N3O. The van der Waals surface area contributed by atoms with Crippen molar-refractivity contribution in [3.05, 3.63) is 18.3 Å². The summed E-state index contributed by atoms with van der Waals surface area (Å²) in [5.41, 5.74) is 0. The molecule has 2 heterocycles. The van der Waals surface area contributed by atoms with Crippen LogP contribution >= 0.6 is 0 Å². The third-order valence-electron chi connectivity index (χ3n) is 3.12. The molecule has 0 aliphatic carbocycles. The van der Waals surface area contributed by atoms with Gasteiger partial charge in [-0.2, -0.15) is 0 Å². The minimum Gasteiger partial charge on any atom is -0.504 e. The zero-order valence-electron chi connectivity index (χ0n) is 9.69. The number of anilines is 1. The van der Waals surface area contributed by atoms with Crippen molar-refractivity contribution in [1.82, 2.24) is 10.3 Å². The molecule has 1 aliphatic rings. The van der Waals surface area contributed by atoms with Gasteiger partial charge in [0.2, 0.25) is 0 Å². The smallest absolute Gasteiger partial charge is 0.170 e. The summed E-state index contributed by atoms with van der Waals surface area (Å²) in [5, 5.41) is 13.0. The van der Waals surface area contributed by atoms with Crippen LogP contribution in [0.4, 0.5) is 5.82 Å². The zero-order valence-corrected chi connectivity index (χ0v) is 9.69. The van der Waals surface area contributed by atoms with E-state index in [1.165, 1.54) is 12.8 Å². The highest BCUT2D eigenvalue weighted by Crippen LogP contribution is 2.24. The van der Waals surface area contributed by atoms with Gasteiger partial charge in [0.1, 0.15) is 0 Å². The Labute approximate surface area is 96.3 Å². The van der Waals surface area contributed by atoms with E-state index in [1.807, 2.05) is 11.9 Å². The molecule has 88 valence electrons.